The molecule has 1 amide bonds. The van der Waals surface area contributed by atoms with E-state index in [-0.39, 0.29) is 5.56 Å². The molecule has 3 aromatic rings. The van der Waals surface area contributed by atoms with Crippen LogP contribution in [0, 0.1) is 11.6 Å². The Hall–Kier alpha value is -3.74. The second kappa shape index (κ2) is 8.42. The second-order valence-corrected chi connectivity index (χ2v) is 7.76. The number of aliphatic imine (C=N–C) groups is 1. The van der Waals surface area contributed by atoms with E-state index < -0.39 is 17.5 Å². The topological polar surface area (TPSA) is 45.1 Å². The molecule has 0 unspecified atom stereocenters. The average Bonchev–Trinajstić information content (AvgIpc) is 3.13. The average molecular weight is 433 g/mol. The number of carbonyl (C=O) groups excluding carboxylic acids is 1. The minimum Gasteiger partial charge on any atom is -0.454 e. The van der Waals surface area contributed by atoms with E-state index in [0.29, 0.717) is 38.3 Å². The molecule has 162 valence electrons. The normalized spacial score (nSPS) is 15.6. The van der Waals surface area contributed by atoms with E-state index in [9.17, 15) is 13.6 Å². The minimum atomic E-state index is -0.841. The van der Waals surface area contributed by atoms with Crippen molar-refractivity contribution in [2.75, 3.05) is 26.2 Å². The summed E-state index contributed by atoms with van der Waals surface area (Å²) < 4.78 is 33.5. The summed E-state index contributed by atoms with van der Waals surface area (Å²) in [6.45, 7) is 2.10. The van der Waals surface area contributed by atoms with Gasteiger partial charge in [-0.1, -0.05) is 24.3 Å². The van der Waals surface area contributed by atoms with Crippen LogP contribution in [0.2, 0.25) is 0 Å². The van der Waals surface area contributed by atoms with Gasteiger partial charge in [-0.2, -0.15) is 0 Å². The molecule has 0 saturated carbocycles. The lowest BCUT2D eigenvalue weighted by molar-refractivity contribution is 0.0759. The van der Waals surface area contributed by atoms with Crippen molar-refractivity contribution in [3.63, 3.8) is 0 Å². The summed E-state index contributed by atoms with van der Waals surface area (Å²) in [4.78, 5) is 21.5. The Bertz CT molecular complexity index is 1210. The highest BCUT2D eigenvalue weighted by Crippen LogP contribution is 2.37. The monoisotopic (exact) mass is 433 g/mol. The SMILES string of the molecule is O=C(c1ccc(F)cc1F)N1CCCN(C2=Nc3ccccc3Oc3ccccc32)CC1. The molecule has 0 aliphatic carbocycles. The molecule has 0 atom stereocenters. The van der Waals surface area contributed by atoms with Gasteiger partial charge in [0.1, 0.15) is 28.9 Å². The summed E-state index contributed by atoms with van der Waals surface area (Å²) in [6, 6.07) is 18.4. The number of ether oxygens (including phenoxy) is 1. The van der Waals surface area contributed by atoms with E-state index in [0.717, 1.165) is 35.0 Å². The molecule has 2 heterocycles. The first-order valence-electron chi connectivity index (χ1n) is 10.5. The van der Waals surface area contributed by atoms with Crippen LogP contribution in [0.5, 0.6) is 11.5 Å². The highest BCUT2D eigenvalue weighted by Gasteiger charge is 2.27. The van der Waals surface area contributed by atoms with Gasteiger partial charge < -0.3 is 14.5 Å². The lowest BCUT2D eigenvalue weighted by Gasteiger charge is -2.25. The van der Waals surface area contributed by atoms with Crippen molar-refractivity contribution in [2.24, 2.45) is 4.99 Å². The summed E-state index contributed by atoms with van der Waals surface area (Å²) in [7, 11) is 0. The standard InChI is InChI=1S/C25H21F2N3O2/c26-17-10-11-18(20(27)16-17)25(31)30-13-5-12-29(14-15-30)24-19-6-1-3-8-22(19)32-23-9-4-2-7-21(23)28-24/h1-4,6-11,16H,5,12-15H2. The highest BCUT2D eigenvalue weighted by atomic mass is 19.1. The Kier molecular flexibility index (Phi) is 5.31. The van der Waals surface area contributed by atoms with E-state index in [1.807, 2.05) is 48.5 Å². The molecule has 3 aromatic carbocycles. The van der Waals surface area contributed by atoms with Gasteiger partial charge in [-0.3, -0.25) is 4.79 Å². The number of nitrogens with zero attached hydrogens (tertiary/aromatic N) is 3. The smallest absolute Gasteiger partial charge is 0.256 e. The van der Waals surface area contributed by atoms with Gasteiger partial charge in [-0.05, 0) is 42.8 Å². The predicted molar refractivity (Wildman–Crippen MR) is 118 cm³/mol. The quantitative estimate of drug-likeness (QED) is 0.543. The van der Waals surface area contributed by atoms with E-state index in [1.165, 1.54) is 6.07 Å². The number of hydrogen-bond donors (Lipinski definition) is 0. The van der Waals surface area contributed by atoms with Gasteiger partial charge in [0, 0.05) is 32.2 Å². The maximum absolute atomic E-state index is 14.1. The predicted octanol–water partition coefficient (Wildman–Crippen LogP) is 5.00. The van der Waals surface area contributed by atoms with Crippen molar-refractivity contribution in [3.8, 4) is 11.5 Å². The minimum absolute atomic E-state index is 0.112. The molecule has 0 aromatic heterocycles. The zero-order valence-electron chi connectivity index (χ0n) is 17.3. The molecular weight excluding hydrogens is 412 g/mol. The van der Waals surface area contributed by atoms with Crippen molar-refractivity contribution in [1.82, 2.24) is 9.80 Å². The van der Waals surface area contributed by atoms with Crippen molar-refractivity contribution < 1.29 is 18.3 Å². The number of carbonyl (C=O) groups is 1. The third kappa shape index (κ3) is 3.82. The molecule has 1 saturated heterocycles. The highest BCUT2D eigenvalue weighted by molar-refractivity contribution is 6.03. The third-order valence-corrected chi connectivity index (χ3v) is 5.68. The maximum atomic E-state index is 14.1. The number of para-hydroxylation sites is 3. The van der Waals surface area contributed by atoms with Crippen LogP contribution in [0.15, 0.2) is 71.7 Å². The maximum Gasteiger partial charge on any atom is 0.256 e. The fourth-order valence-electron chi connectivity index (χ4n) is 4.08. The molecule has 0 bridgehead atoms. The Morgan fingerprint density at radius 2 is 1.66 bits per heavy atom. The zero-order valence-corrected chi connectivity index (χ0v) is 17.3. The fourth-order valence-corrected chi connectivity index (χ4v) is 4.08. The summed E-state index contributed by atoms with van der Waals surface area (Å²) in [5.41, 5.74) is 1.51. The van der Waals surface area contributed by atoms with Gasteiger partial charge in [0.25, 0.3) is 5.91 Å². The van der Waals surface area contributed by atoms with E-state index in [4.69, 9.17) is 9.73 Å². The Balaban J connectivity index is 1.42. The molecule has 7 heteroatoms. The Morgan fingerprint density at radius 1 is 0.875 bits per heavy atom. The van der Waals surface area contributed by atoms with Crippen LogP contribution in [0.3, 0.4) is 0 Å². The number of halogens is 2. The molecule has 5 rings (SSSR count). The molecule has 1 fully saturated rings. The van der Waals surface area contributed by atoms with Gasteiger partial charge in [0.15, 0.2) is 5.75 Å². The number of amidine groups is 1. The molecule has 0 spiro atoms. The Labute approximate surface area is 184 Å². The van der Waals surface area contributed by atoms with Crippen molar-refractivity contribution >= 4 is 17.4 Å². The van der Waals surface area contributed by atoms with Gasteiger partial charge in [-0.25, -0.2) is 13.8 Å². The summed E-state index contributed by atoms with van der Waals surface area (Å²) in [6.07, 6.45) is 0.693. The molecule has 2 aliphatic rings. The van der Waals surface area contributed by atoms with Crippen LogP contribution >= 0.6 is 0 Å². The molecule has 0 N–H and O–H groups in total. The fraction of sp³-hybridized carbons (Fsp3) is 0.200. The van der Waals surface area contributed by atoms with Crippen LogP contribution in [0.4, 0.5) is 14.5 Å². The van der Waals surface area contributed by atoms with E-state index in [1.54, 1.807) is 4.90 Å². The molecule has 0 radical (unpaired) electrons. The molecular formula is C25H21F2N3O2. The number of rotatable bonds is 1. The molecule has 5 nitrogen and oxygen atoms in total. The van der Waals surface area contributed by atoms with E-state index >= 15 is 0 Å². The Morgan fingerprint density at radius 3 is 2.50 bits per heavy atom. The molecule has 32 heavy (non-hydrogen) atoms. The first-order chi connectivity index (χ1) is 15.6. The van der Waals surface area contributed by atoms with Crippen LogP contribution < -0.4 is 4.74 Å². The summed E-state index contributed by atoms with van der Waals surface area (Å²) >= 11 is 0. The zero-order chi connectivity index (χ0) is 22.1. The van der Waals surface area contributed by atoms with Crippen LogP contribution in [0.1, 0.15) is 22.3 Å². The van der Waals surface area contributed by atoms with Gasteiger partial charge >= 0.3 is 0 Å². The summed E-state index contributed by atoms with van der Waals surface area (Å²) in [5, 5.41) is 0. The first-order valence-corrected chi connectivity index (χ1v) is 10.5. The number of benzene rings is 3. The van der Waals surface area contributed by atoms with Crippen molar-refractivity contribution in [3.05, 3.63) is 89.5 Å². The van der Waals surface area contributed by atoms with Crippen molar-refractivity contribution in [2.45, 2.75) is 6.42 Å². The van der Waals surface area contributed by atoms with Gasteiger partial charge in [0.05, 0.1) is 11.1 Å². The van der Waals surface area contributed by atoms with Crippen molar-refractivity contribution in [1.29, 1.82) is 0 Å². The largest absolute Gasteiger partial charge is 0.454 e. The van der Waals surface area contributed by atoms with Crippen LogP contribution in [-0.4, -0.2) is 47.7 Å². The lowest BCUT2D eigenvalue weighted by Crippen LogP contribution is -2.38. The first kappa shape index (κ1) is 20.2. The number of fused-ring (bicyclic) bond motifs is 2. The second-order valence-electron chi connectivity index (χ2n) is 7.76. The number of hydrogen-bond acceptors (Lipinski definition) is 4. The van der Waals surface area contributed by atoms with Gasteiger partial charge in [-0.15, -0.1) is 0 Å². The van der Waals surface area contributed by atoms with E-state index in [2.05, 4.69) is 4.90 Å². The third-order valence-electron chi connectivity index (χ3n) is 5.68. The van der Waals surface area contributed by atoms with Crippen LogP contribution in [0.25, 0.3) is 0 Å². The van der Waals surface area contributed by atoms with Gasteiger partial charge in [0.2, 0.25) is 0 Å². The van der Waals surface area contributed by atoms with Crippen LogP contribution in [-0.2, 0) is 0 Å². The number of amides is 1. The molecule has 2 aliphatic heterocycles. The summed E-state index contributed by atoms with van der Waals surface area (Å²) in [5.74, 6) is 0.227. The lowest BCUT2D eigenvalue weighted by atomic mass is 10.1.